The van der Waals surface area contributed by atoms with Gasteiger partial charge in [-0.2, -0.15) is 0 Å². The van der Waals surface area contributed by atoms with Crippen LogP contribution < -0.4 is 5.32 Å². The van der Waals surface area contributed by atoms with Gasteiger partial charge >= 0.3 is 0 Å². The Morgan fingerprint density at radius 1 is 1.62 bits per heavy atom. The lowest BCUT2D eigenvalue weighted by Gasteiger charge is -2.14. The first kappa shape index (κ1) is 8.53. The molecule has 1 aliphatic heterocycles. The third-order valence-electron chi connectivity index (χ3n) is 2.21. The van der Waals surface area contributed by atoms with Gasteiger partial charge in [0.1, 0.15) is 17.6 Å². The molecule has 0 saturated carbocycles. The normalized spacial score (nSPS) is 23.7. The van der Waals surface area contributed by atoms with E-state index in [2.05, 4.69) is 5.32 Å². The zero-order valence-corrected chi connectivity index (χ0v) is 7.53. The minimum absolute atomic E-state index is 0.00875. The summed E-state index contributed by atoms with van der Waals surface area (Å²) in [7, 11) is 0. The van der Waals surface area contributed by atoms with Crippen LogP contribution in [0, 0.1) is 6.92 Å². The lowest BCUT2D eigenvalue weighted by molar-refractivity contribution is 0.126. The van der Waals surface area contributed by atoms with Crippen LogP contribution in [0.15, 0.2) is 28.7 Å². The zero-order valence-electron chi connectivity index (χ0n) is 7.53. The summed E-state index contributed by atoms with van der Waals surface area (Å²) in [6, 6.07) is 3.66. The van der Waals surface area contributed by atoms with E-state index in [0.29, 0.717) is 5.76 Å². The molecule has 2 N–H and O–H groups in total. The highest BCUT2D eigenvalue weighted by Crippen LogP contribution is 2.21. The third-order valence-corrected chi connectivity index (χ3v) is 2.21. The molecular formula is C10H13NO2. The Morgan fingerprint density at radius 3 is 3.00 bits per heavy atom. The Kier molecular flexibility index (Phi) is 2.20. The highest BCUT2D eigenvalue weighted by Gasteiger charge is 2.22. The summed E-state index contributed by atoms with van der Waals surface area (Å²) in [6.45, 7) is 2.69. The fourth-order valence-electron chi connectivity index (χ4n) is 1.49. The lowest BCUT2D eigenvalue weighted by Crippen LogP contribution is -2.28. The first-order valence-electron chi connectivity index (χ1n) is 4.42. The Morgan fingerprint density at radius 2 is 2.46 bits per heavy atom. The van der Waals surface area contributed by atoms with Crippen molar-refractivity contribution >= 4 is 0 Å². The molecule has 0 aromatic carbocycles. The number of furan rings is 1. The molecule has 0 spiro atoms. The molecule has 0 amide bonds. The molecule has 2 rings (SSSR count). The van der Waals surface area contributed by atoms with Gasteiger partial charge in [0, 0.05) is 6.54 Å². The van der Waals surface area contributed by atoms with Gasteiger partial charge in [-0.3, -0.25) is 0 Å². The van der Waals surface area contributed by atoms with Crippen molar-refractivity contribution < 1.29 is 9.52 Å². The van der Waals surface area contributed by atoms with Crippen LogP contribution in [0.3, 0.4) is 0 Å². The van der Waals surface area contributed by atoms with Gasteiger partial charge in [-0.25, -0.2) is 0 Å². The zero-order chi connectivity index (χ0) is 9.26. The average Bonchev–Trinajstić information content (AvgIpc) is 2.72. The topological polar surface area (TPSA) is 45.4 Å². The van der Waals surface area contributed by atoms with Crippen molar-refractivity contribution in [3.05, 3.63) is 35.8 Å². The molecule has 0 aliphatic carbocycles. The van der Waals surface area contributed by atoms with Gasteiger partial charge in [0.15, 0.2) is 0 Å². The molecule has 13 heavy (non-hydrogen) atoms. The van der Waals surface area contributed by atoms with Crippen LogP contribution in [0.1, 0.15) is 17.6 Å². The van der Waals surface area contributed by atoms with Gasteiger partial charge in [0.2, 0.25) is 0 Å². The third kappa shape index (κ3) is 1.66. The molecule has 1 aromatic heterocycles. The van der Waals surface area contributed by atoms with E-state index in [9.17, 15) is 5.11 Å². The van der Waals surface area contributed by atoms with Crippen molar-refractivity contribution in [3.63, 3.8) is 0 Å². The highest BCUT2D eigenvalue weighted by atomic mass is 16.4. The van der Waals surface area contributed by atoms with Gasteiger partial charge in [-0.05, 0) is 19.1 Å². The van der Waals surface area contributed by atoms with Crippen LogP contribution in [-0.2, 0) is 0 Å². The molecule has 1 aromatic rings. The number of nitrogens with one attached hydrogen (secondary N) is 1. The summed E-state index contributed by atoms with van der Waals surface area (Å²) in [4.78, 5) is 0. The summed E-state index contributed by atoms with van der Waals surface area (Å²) >= 11 is 0. The molecule has 2 atom stereocenters. The fraction of sp³-hybridized carbons (Fsp3) is 0.400. The van der Waals surface area contributed by atoms with E-state index in [1.54, 1.807) is 0 Å². The van der Waals surface area contributed by atoms with Crippen LogP contribution in [0.25, 0.3) is 0 Å². The fourth-order valence-corrected chi connectivity index (χ4v) is 1.49. The summed E-state index contributed by atoms with van der Waals surface area (Å²) in [5, 5.41) is 13.0. The van der Waals surface area contributed by atoms with Crippen LogP contribution >= 0.6 is 0 Å². The van der Waals surface area contributed by atoms with Crippen molar-refractivity contribution in [1.29, 1.82) is 0 Å². The molecule has 70 valence electrons. The van der Waals surface area contributed by atoms with Crippen molar-refractivity contribution in [1.82, 2.24) is 5.32 Å². The van der Waals surface area contributed by atoms with E-state index < -0.39 is 6.10 Å². The van der Waals surface area contributed by atoms with Crippen LogP contribution in [-0.4, -0.2) is 17.7 Å². The molecule has 0 radical (unpaired) electrons. The molecule has 1 aliphatic rings. The van der Waals surface area contributed by atoms with Gasteiger partial charge in [0.05, 0.1) is 6.04 Å². The maximum atomic E-state index is 9.83. The number of aliphatic hydroxyl groups is 1. The maximum Gasteiger partial charge on any atom is 0.134 e. The first-order chi connectivity index (χ1) is 6.27. The quantitative estimate of drug-likeness (QED) is 0.669. The second-order valence-corrected chi connectivity index (χ2v) is 3.26. The van der Waals surface area contributed by atoms with Crippen molar-refractivity contribution in [2.24, 2.45) is 0 Å². The molecule has 2 heterocycles. The predicted octanol–water partition coefficient (Wildman–Crippen LogP) is 1.15. The Bertz CT molecular complexity index is 316. The van der Waals surface area contributed by atoms with Gasteiger partial charge in [0.25, 0.3) is 0 Å². The second kappa shape index (κ2) is 3.36. The Balaban J connectivity index is 2.12. The minimum atomic E-state index is -0.576. The van der Waals surface area contributed by atoms with E-state index in [1.807, 2.05) is 31.2 Å². The summed E-state index contributed by atoms with van der Waals surface area (Å²) in [5.41, 5.74) is 0. The van der Waals surface area contributed by atoms with Crippen molar-refractivity contribution in [3.8, 4) is 0 Å². The SMILES string of the molecule is Cc1ccc(C(O)C2C=CCN2)o1. The summed E-state index contributed by atoms with van der Waals surface area (Å²) in [5.74, 6) is 1.46. The van der Waals surface area contributed by atoms with Gasteiger partial charge < -0.3 is 14.8 Å². The summed E-state index contributed by atoms with van der Waals surface area (Å²) in [6.07, 6.45) is 3.39. The first-order valence-corrected chi connectivity index (χ1v) is 4.42. The molecule has 3 nitrogen and oxygen atoms in total. The van der Waals surface area contributed by atoms with Crippen LogP contribution in [0.2, 0.25) is 0 Å². The largest absolute Gasteiger partial charge is 0.464 e. The second-order valence-electron chi connectivity index (χ2n) is 3.26. The van der Waals surface area contributed by atoms with E-state index in [0.717, 1.165) is 12.3 Å². The van der Waals surface area contributed by atoms with E-state index in [-0.39, 0.29) is 6.04 Å². The van der Waals surface area contributed by atoms with E-state index >= 15 is 0 Å². The minimum Gasteiger partial charge on any atom is -0.464 e. The van der Waals surface area contributed by atoms with E-state index in [1.165, 1.54) is 0 Å². The average molecular weight is 179 g/mol. The highest BCUT2D eigenvalue weighted by molar-refractivity contribution is 5.15. The molecular weight excluding hydrogens is 166 g/mol. The smallest absolute Gasteiger partial charge is 0.134 e. The molecule has 3 heteroatoms. The van der Waals surface area contributed by atoms with E-state index in [4.69, 9.17) is 4.42 Å². The van der Waals surface area contributed by atoms with Crippen molar-refractivity contribution in [2.45, 2.75) is 19.1 Å². The van der Waals surface area contributed by atoms with Crippen LogP contribution in [0.5, 0.6) is 0 Å². The standard InChI is InChI=1S/C10H13NO2/c1-7-4-5-9(13-7)10(12)8-3-2-6-11-8/h2-5,8,10-12H,6H2,1H3. The van der Waals surface area contributed by atoms with Crippen molar-refractivity contribution in [2.75, 3.05) is 6.54 Å². The number of hydrogen-bond donors (Lipinski definition) is 2. The summed E-state index contributed by atoms with van der Waals surface area (Å²) < 4.78 is 5.33. The number of aliphatic hydroxyl groups excluding tert-OH is 1. The maximum absolute atomic E-state index is 9.83. The number of rotatable bonds is 2. The van der Waals surface area contributed by atoms with Gasteiger partial charge in [-0.1, -0.05) is 12.2 Å². The number of hydrogen-bond acceptors (Lipinski definition) is 3. The van der Waals surface area contributed by atoms with Crippen LogP contribution in [0.4, 0.5) is 0 Å². The van der Waals surface area contributed by atoms with Gasteiger partial charge in [-0.15, -0.1) is 0 Å². The molecule has 0 fully saturated rings. The monoisotopic (exact) mass is 179 g/mol. The Labute approximate surface area is 77.1 Å². The predicted molar refractivity (Wildman–Crippen MR) is 49.3 cm³/mol. The Hall–Kier alpha value is -1.06. The number of aryl methyl sites for hydroxylation is 1. The molecule has 0 saturated heterocycles. The molecule has 0 bridgehead atoms. The molecule has 2 unspecified atom stereocenters. The lowest BCUT2D eigenvalue weighted by atomic mass is 10.1.